The number of hydrogen-bond donors (Lipinski definition) is 1. The summed E-state index contributed by atoms with van der Waals surface area (Å²) >= 11 is 0.934. The molecule has 0 spiro atoms. The predicted molar refractivity (Wildman–Crippen MR) is 92.6 cm³/mol. The molecule has 144 valence electrons. The van der Waals surface area contributed by atoms with Gasteiger partial charge in [-0.25, -0.2) is 4.98 Å². The summed E-state index contributed by atoms with van der Waals surface area (Å²) in [5.74, 6) is -1.49. The molecule has 27 heavy (non-hydrogen) atoms. The number of carboxylic acid groups (broad SMARTS) is 1. The van der Waals surface area contributed by atoms with Gasteiger partial charge in [0.25, 0.3) is 5.91 Å². The molecule has 0 bridgehead atoms. The predicted octanol–water partition coefficient (Wildman–Crippen LogP) is 3.81. The molecule has 1 aliphatic carbocycles. The number of fused-ring (bicyclic) bond motifs is 1. The minimum absolute atomic E-state index is 0.0453. The molecule has 5 nitrogen and oxygen atoms in total. The normalized spacial score (nSPS) is 23.2. The summed E-state index contributed by atoms with van der Waals surface area (Å²) < 4.78 is 38.6. The third-order valence-corrected chi connectivity index (χ3v) is 6.67. The highest BCUT2D eigenvalue weighted by Crippen LogP contribution is 2.45. The lowest BCUT2D eigenvalue weighted by molar-refractivity contribution is -0.143. The lowest BCUT2D eigenvalue weighted by Crippen LogP contribution is -2.29. The van der Waals surface area contributed by atoms with E-state index >= 15 is 0 Å². The van der Waals surface area contributed by atoms with Gasteiger partial charge in [-0.2, -0.15) is 13.2 Å². The molecule has 2 atom stereocenters. The molecule has 1 amide bonds. The Morgan fingerprint density at radius 3 is 2.56 bits per heavy atom. The van der Waals surface area contributed by atoms with Crippen molar-refractivity contribution in [3.05, 3.63) is 28.3 Å². The lowest BCUT2D eigenvalue weighted by Gasteiger charge is -2.15. The molecule has 0 unspecified atom stereocenters. The number of carboxylic acids is 1. The van der Waals surface area contributed by atoms with Gasteiger partial charge in [-0.15, -0.1) is 11.3 Å². The van der Waals surface area contributed by atoms with Crippen molar-refractivity contribution in [2.45, 2.75) is 25.9 Å². The van der Waals surface area contributed by atoms with Gasteiger partial charge < -0.3 is 10.0 Å². The van der Waals surface area contributed by atoms with Crippen LogP contribution in [-0.2, 0) is 11.0 Å². The van der Waals surface area contributed by atoms with Crippen LogP contribution in [0.2, 0.25) is 0 Å². The second-order valence-electron chi connectivity index (χ2n) is 7.26. The molecule has 9 heteroatoms. The number of carbonyl (C=O) groups excluding carboxylic acids is 1. The number of aryl methyl sites for hydroxylation is 1. The molecule has 1 saturated carbocycles. The number of hydrogen-bond acceptors (Lipinski definition) is 4. The van der Waals surface area contributed by atoms with Gasteiger partial charge in [-0.3, -0.25) is 9.59 Å². The zero-order chi connectivity index (χ0) is 19.5. The van der Waals surface area contributed by atoms with E-state index in [9.17, 15) is 27.9 Å². The molecule has 2 aliphatic rings. The molecular weight excluding hydrogens is 381 g/mol. The van der Waals surface area contributed by atoms with Crippen molar-refractivity contribution in [1.29, 1.82) is 0 Å². The summed E-state index contributed by atoms with van der Waals surface area (Å²) in [5, 5.41) is 9.97. The zero-order valence-corrected chi connectivity index (χ0v) is 15.2. The zero-order valence-electron chi connectivity index (χ0n) is 14.4. The van der Waals surface area contributed by atoms with E-state index in [2.05, 4.69) is 4.98 Å². The first-order valence-electron chi connectivity index (χ1n) is 8.66. The van der Waals surface area contributed by atoms with Gasteiger partial charge in [0, 0.05) is 18.5 Å². The van der Waals surface area contributed by atoms with Crippen LogP contribution in [0.15, 0.2) is 12.1 Å². The molecule has 2 fully saturated rings. The van der Waals surface area contributed by atoms with Crippen LogP contribution < -0.4 is 0 Å². The number of halogens is 3. The van der Waals surface area contributed by atoms with E-state index in [1.54, 1.807) is 6.92 Å². The smallest absolute Gasteiger partial charge is 0.433 e. The Balaban J connectivity index is 1.64. The summed E-state index contributed by atoms with van der Waals surface area (Å²) in [4.78, 5) is 30.2. The highest BCUT2D eigenvalue weighted by atomic mass is 32.1. The van der Waals surface area contributed by atoms with Crippen LogP contribution in [0.3, 0.4) is 0 Å². The fraction of sp³-hybridized carbons (Fsp3) is 0.500. The third-order valence-electron chi connectivity index (χ3n) is 5.49. The van der Waals surface area contributed by atoms with Crippen LogP contribution in [0.5, 0.6) is 0 Å². The number of pyridine rings is 1. The molecule has 3 heterocycles. The number of nitrogens with zero attached hydrogens (tertiary/aromatic N) is 2. The van der Waals surface area contributed by atoms with Crippen molar-refractivity contribution < 1.29 is 27.9 Å². The third kappa shape index (κ3) is 3.18. The number of likely N-dealkylation sites (tertiary alicyclic amines) is 1. The van der Waals surface area contributed by atoms with Crippen molar-refractivity contribution in [2.24, 2.45) is 17.8 Å². The second-order valence-corrected chi connectivity index (χ2v) is 8.26. The number of alkyl halides is 3. The Morgan fingerprint density at radius 2 is 1.96 bits per heavy atom. The SMILES string of the molecule is Cc1c(C(=O)N2C[C@H](C(=O)O)[C@@H](C3CC3)C2)sc2nc(C(F)(F)F)ccc12. The largest absolute Gasteiger partial charge is 0.481 e. The average Bonchev–Trinajstić information content (AvgIpc) is 3.26. The average molecular weight is 398 g/mol. The Kier molecular flexibility index (Phi) is 4.17. The van der Waals surface area contributed by atoms with Gasteiger partial charge in [0.05, 0.1) is 10.8 Å². The van der Waals surface area contributed by atoms with E-state index in [4.69, 9.17) is 0 Å². The Labute approximate surface area is 156 Å². The first-order chi connectivity index (χ1) is 12.7. The van der Waals surface area contributed by atoms with E-state index in [0.717, 1.165) is 30.2 Å². The van der Waals surface area contributed by atoms with Gasteiger partial charge in [0.2, 0.25) is 0 Å². The van der Waals surface area contributed by atoms with Crippen LogP contribution >= 0.6 is 11.3 Å². The maximum Gasteiger partial charge on any atom is 0.433 e. The maximum atomic E-state index is 13.0. The highest BCUT2D eigenvalue weighted by Gasteiger charge is 2.47. The van der Waals surface area contributed by atoms with Crippen LogP contribution in [-0.4, -0.2) is 40.0 Å². The molecule has 4 rings (SSSR count). The summed E-state index contributed by atoms with van der Waals surface area (Å²) in [6.07, 6.45) is -2.57. The van der Waals surface area contributed by atoms with Crippen LogP contribution in [0.4, 0.5) is 13.2 Å². The van der Waals surface area contributed by atoms with Gasteiger partial charge in [-0.05, 0) is 49.3 Å². The molecule has 0 aromatic carbocycles. The lowest BCUT2D eigenvalue weighted by atomic mass is 9.92. The number of rotatable bonds is 3. The highest BCUT2D eigenvalue weighted by molar-refractivity contribution is 7.20. The van der Waals surface area contributed by atoms with Gasteiger partial charge in [0.15, 0.2) is 0 Å². The summed E-state index contributed by atoms with van der Waals surface area (Å²) in [7, 11) is 0. The first kappa shape index (κ1) is 18.2. The minimum Gasteiger partial charge on any atom is -0.481 e. The van der Waals surface area contributed by atoms with Gasteiger partial charge >= 0.3 is 12.1 Å². The molecule has 1 saturated heterocycles. The minimum atomic E-state index is -4.54. The fourth-order valence-electron chi connectivity index (χ4n) is 3.86. The van der Waals surface area contributed by atoms with Crippen molar-refractivity contribution in [3.63, 3.8) is 0 Å². The monoisotopic (exact) mass is 398 g/mol. The van der Waals surface area contributed by atoms with Crippen LogP contribution in [0.1, 0.15) is 33.8 Å². The summed E-state index contributed by atoms with van der Waals surface area (Å²) in [5.41, 5.74) is -0.404. The number of thiophene rings is 1. The molecule has 2 aromatic heterocycles. The maximum absolute atomic E-state index is 13.0. The van der Waals surface area contributed by atoms with Crippen molar-refractivity contribution in [2.75, 3.05) is 13.1 Å². The Bertz CT molecular complexity index is 936. The second kappa shape index (κ2) is 6.19. The van der Waals surface area contributed by atoms with Crippen molar-refractivity contribution in [1.82, 2.24) is 9.88 Å². The summed E-state index contributed by atoms with van der Waals surface area (Å²) in [6.45, 7) is 2.21. The number of amides is 1. The molecular formula is C18H17F3N2O3S. The van der Waals surface area contributed by atoms with E-state index < -0.39 is 23.8 Å². The topological polar surface area (TPSA) is 70.5 Å². The molecule has 1 aliphatic heterocycles. The number of aliphatic carboxylic acids is 1. The van der Waals surface area contributed by atoms with E-state index in [1.165, 1.54) is 11.0 Å². The molecule has 1 N–H and O–H groups in total. The fourth-order valence-corrected chi connectivity index (χ4v) is 5.01. The molecule has 2 aromatic rings. The summed E-state index contributed by atoms with van der Waals surface area (Å²) in [6, 6.07) is 2.25. The van der Waals surface area contributed by atoms with Crippen molar-refractivity contribution in [3.8, 4) is 0 Å². The number of carbonyl (C=O) groups is 2. The van der Waals surface area contributed by atoms with Crippen molar-refractivity contribution >= 4 is 33.4 Å². The molecule has 0 radical (unpaired) electrons. The van der Waals surface area contributed by atoms with Crippen LogP contribution in [0.25, 0.3) is 10.2 Å². The standard InChI is InChI=1S/C18H17F3N2O3S/c1-8-10-4-5-13(18(19,20)21)22-15(10)27-14(8)16(24)23-6-11(9-2-3-9)12(7-23)17(25)26/h4-5,9,11-12H,2-3,6-7H2,1H3,(H,25,26)/t11-,12+/m1/s1. The van der Waals surface area contributed by atoms with Gasteiger partial charge in [0.1, 0.15) is 10.5 Å². The first-order valence-corrected chi connectivity index (χ1v) is 9.48. The number of aromatic nitrogens is 1. The quantitative estimate of drug-likeness (QED) is 0.854. The van der Waals surface area contributed by atoms with Crippen LogP contribution in [0, 0.1) is 24.7 Å². The Hall–Kier alpha value is -2.16. The van der Waals surface area contributed by atoms with E-state index in [0.29, 0.717) is 28.3 Å². The van der Waals surface area contributed by atoms with Gasteiger partial charge in [-0.1, -0.05) is 0 Å². The Morgan fingerprint density at radius 1 is 1.26 bits per heavy atom. The van der Waals surface area contributed by atoms with E-state index in [1.807, 2.05) is 0 Å². The van der Waals surface area contributed by atoms with E-state index in [-0.39, 0.29) is 23.2 Å².